The molecule has 0 radical (unpaired) electrons. The van der Waals surface area contributed by atoms with Crippen LogP contribution in [0.3, 0.4) is 0 Å². The second kappa shape index (κ2) is 7.19. The van der Waals surface area contributed by atoms with Crippen LogP contribution in [0.15, 0.2) is 30.6 Å². The lowest BCUT2D eigenvalue weighted by molar-refractivity contribution is -0.0157. The van der Waals surface area contributed by atoms with Crippen LogP contribution in [-0.2, 0) is 11.8 Å². The smallest absolute Gasteiger partial charge is 0.318 e. The quantitative estimate of drug-likeness (QED) is 0.923. The summed E-state index contributed by atoms with van der Waals surface area (Å²) in [4.78, 5) is 14.3. The SMILES string of the molecule is CC(NC(=O)N1CCOC(c2ccc(Cl)cc2)C1)c1nncn1C. The Balaban J connectivity index is 1.62. The Kier molecular flexibility index (Phi) is 5.01. The third-order valence-electron chi connectivity index (χ3n) is 4.07. The third-order valence-corrected chi connectivity index (χ3v) is 4.32. The van der Waals surface area contributed by atoms with E-state index in [1.807, 2.05) is 38.2 Å². The van der Waals surface area contributed by atoms with E-state index in [1.165, 1.54) is 0 Å². The van der Waals surface area contributed by atoms with Gasteiger partial charge >= 0.3 is 6.03 Å². The molecule has 1 aliphatic rings. The number of amides is 2. The normalized spacial score (nSPS) is 19.1. The minimum absolute atomic E-state index is 0.132. The van der Waals surface area contributed by atoms with Gasteiger partial charge in [0.25, 0.3) is 0 Å². The Bertz CT molecular complexity index is 703. The van der Waals surface area contributed by atoms with Gasteiger partial charge in [0, 0.05) is 18.6 Å². The van der Waals surface area contributed by atoms with Crippen molar-refractivity contribution in [3.8, 4) is 0 Å². The monoisotopic (exact) mass is 349 g/mol. The van der Waals surface area contributed by atoms with Crippen molar-refractivity contribution in [1.29, 1.82) is 0 Å². The Morgan fingerprint density at radius 3 is 2.83 bits per heavy atom. The second-order valence-corrected chi connectivity index (χ2v) is 6.26. The van der Waals surface area contributed by atoms with Crippen LogP contribution in [0.5, 0.6) is 0 Å². The molecule has 2 atom stereocenters. The van der Waals surface area contributed by atoms with Gasteiger partial charge in [-0.15, -0.1) is 10.2 Å². The fourth-order valence-electron chi connectivity index (χ4n) is 2.74. The highest BCUT2D eigenvalue weighted by Gasteiger charge is 2.26. The zero-order valence-corrected chi connectivity index (χ0v) is 14.4. The van der Waals surface area contributed by atoms with Crippen molar-refractivity contribution in [3.05, 3.63) is 47.0 Å². The lowest BCUT2D eigenvalue weighted by atomic mass is 10.1. The van der Waals surface area contributed by atoms with Gasteiger partial charge in [-0.2, -0.15) is 0 Å². The van der Waals surface area contributed by atoms with E-state index in [2.05, 4.69) is 15.5 Å². The molecule has 2 amide bonds. The van der Waals surface area contributed by atoms with Gasteiger partial charge < -0.3 is 19.5 Å². The molecule has 1 aliphatic heterocycles. The summed E-state index contributed by atoms with van der Waals surface area (Å²) < 4.78 is 7.58. The van der Waals surface area contributed by atoms with E-state index in [4.69, 9.17) is 16.3 Å². The van der Waals surface area contributed by atoms with E-state index in [0.717, 1.165) is 5.56 Å². The Morgan fingerprint density at radius 1 is 1.42 bits per heavy atom. The topological polar surface area (TPSA) is 72.3 Å². The van der Waals surface area contributed by atoms with Gasteiger partial charge in [-0.1, -0.05) is 23.7 Å². The summed E-state index contributed by atoms with van der Waals surface area (Å²) in [6.45, 7) is 3.44. The van der Waals surface area contributed by atoms with Gasteiger partial charge in [-0.3, -0.25) is 0 Å². The average molecular weight is 350 g/mol. The molecule has 1 aromatic carbocycles. The van der Waals surface area contributed by atoms with Crippen LogP contribution in [0.1, 0.15) is 30.5 Å². The minimum Gasteiger partial charge on any atom is -0.370 e. The molecule has 8 heteroatoms. The molecule has 0 bridgehead atoms. The number of morpholine rings is 1. The molecule has 3 rings (SSSR count). The predicted octanol–water partition coefficient (Wildman–Crippen LogP) is 2.31. The first-order valence-electron chi connectivity index (χ1n) is 7.81. The fraction of sp³-hybridized carbons (Fsp3) is 0.438. The highest BCUT2D eigenvalue weighted by molar-refractivity contribution is 6.30. The van der Waals surface area contributed by atoms with Crippen LogP contribution in [0, 0.1) is 0 Å². The highest BCUT2D eigenvalue weighted by Crippen LogP contribution is 2.24. The van der Waals surface area contributed by atoms with Crippen LogP contribution >= 0.6 is 11.6 Å². The first-order chi connectivity index (χ1) is 11.5. The molecular weight excluding hydrogens is 330 g/mol. The molecule has 0 saturated carbocycles. The lowest BCUT2D eigenvalue weighted by Crippen LogP contribution is -2.47. The summed E-state index contributed by atoms with van der Waals surface area (Å²) in [6.07, 6.45) is 1.47. The van der Waals surface area contributed by atoms with Crippen LogP contribution < -0.4 is 5.32 Å². The van der Waals surface area contributed by atoms with Crippen molar-refractivity contribution in [2.75, 3.05) is 19.7 Å². The number of halogens is 1. The third kappa shape index (κ3) is 3.68. The summed E-state index contributed by atoms with van der Waals surface area (Å²) >= 11 is 5.92. The number of hydrogen-bond acceptors (Lipinski definition) is 4. The van der Waals surface area contributed by atoms with Gasteiger partial charge in [0.05, 0.1) is 19.2 Å². The molecule has 2 aromatic rings. The highest BCUT2D eigenvalue weighted by atomic mass is 35.5. The van der Waals surface area contributed by atoms with Crippen molar-refractivity contribution in [3.63, 3.8) is 0 Å². The van der Waals surface area contributed by atoms with Crippen molar-refractivity contribution >= 4 is 17.6 Å². The molecule has 24 heavy (non-hydrogen) atoms. The Hall–Kier alpha value is -2.12. The van der Waals surface area contributed by atoms with E-state index in [-0.39, 0.29) is 18.2 Å². The van der Waals surface area contributed by atoms with E-state index in [0.29, 0.717) is 30.5 Å². The van der Waals surface area contributed by atoms with Crippen LogP contribution in [-0.4, -0.2) is 45.4 Å². The van der Waals surface area contributed by atoms with Gasteiger partial charge in [0.1, 0.15) is 12.4 Å². The van der Waals surface area contributed by atoms with Gasteiger partial charge in [-0.05, 0) is 24.6 Å². The number of carbonyl (C=O) groups is 1. The minimum atomic E-state index is -0.221. The zero-order valence-electron chi connectivity index (χ0n) is 13.6. The van der Waals surface area contributed by atoms with Crippen LogP contribution in [0.25, 0.3) is 0 Å². The number of aryl methyl sites for hydroxylation is 1. The standard InChI is InChI=1S/C16H20ClN5O2/c1-11(15-20-18-10-21(15)2)19-16(23)22-7-8-24-14(9-22)12-3-5-13(17)6-4-12/h3-6,10-11,14H,7-9H2,1-2H3,(H,19,23). The van der Waals surface area contributed by atoms with Crippen molar-refractivity contribution in [1.82, 2.24) is 25.0 Å². The first-order valence-corrected chi connectivity index (χ1v) is 8.19. The summed E-state index contributed by atoms with van der Waals surface area (Å²) in [5, 5.41) is 11.5. The molecule has 1 saturated heterocycles. The lowest BCUT2D eigenvalue weighted by Gasteiger charge is -2.33. The number of nitrogens with one attached hydrogen (secondary N) is 1. The number of ether oxygens (including phenoxy) is 1. The van der Waals surface area contributed by atoms with Crippen molar-refractivity contribution < 1.29 is 9.53 Å². The molecule has 0 aliphatic carbocycles. The fourth-order valence-corrected chi connectivity index (χ4v) is 2.86. The number of hydrogen-bond donors (Lipinski definition) is 1. The number of rotatable bonds is 3. The van der Waals surface area contributed by atoms with E-state index in [1.54, 1.807) is 15.8 Å². The summed E-state index contributed by atoms with van der Waals surface area (Å²) in [5.74, 6) is 0.714. The summed E-state index contributed by atoms with van der Waals surface area (Å²) in [7, 11) is 1.85. The van der Waals surface area contributed by atoms with Crippen LogP contribution in [0.4, 0.5) is 4.79 Å². The molecule has 0 spiro atoms. The van der Waals surface area contributed by atoms with Gasteiger partial charge in [0.2, 0.25) is 0 Å². The number of urea groups is 1. The average Bonchev–Trinajstić information content (AvgIpc) is 3.02. The summed E-state index contributed by atoms with van der Waals surface area (Å²) in [5.41, 5.74) is 1.01. The molecule has 2 heterocycles. The van der Waals surface area contributed by atoms with Crippen LogP contribution in [0.2, 0.25) is 5.02 Å². The van der Waals surface area contributed by atoms with Gasteiger partial charge in [-0.25, -0.2) is 4.79 Å². The molecule has 1 fully saturated rings. The van der Waals surface area contributed by atoms with E-state index in [9.17, 15) is 4.79 Å². The largest absolute Gasteiger partial charge is 0.370 e. The molecule has 128 valence electrons. The Morgan fingerprint density at radius 2 is 2.17 bits per heavy atom. The maximum atomic E-state index is 12.5. The summed E-state index contributed by atoms with van der Waals surface area (Å²) in [6, 6.07) is 7.16. The number of aromatic nitrogens is 3. The number of benzene rings is 1. The van der Waals surface area contributed by atoms with E-state index >= 15 is 0 Å². The maximum absolute atomic E-state index is 12.5. The molecule has 1 aromatic heterocycles. The zero-order chi connectivity index (χ0) is 17.1. The second-order valence-electron chi connectivity index (χ2n) is 5.83. The molecule has 1 N–H and O–H groups in total. The first kappa shape index (κ1) is 16.7. The maximum Gasteiger partial charge on any atom is 0.318 e. The number of carbonyl (C=O) groups excluding carboxylic acids is 1. The van der Waals surface area contributed by atoms with Crippen molar-refractivity contribution in [2.24, 2.45) is 7.05 Å². The molecule has 2 unspecified atom stereocenters. The van der Waals surface area contributed by atoms with Crippen molar-refractivity contribution in [2.45, 2.75) is 19.1 Å². The van der Waals surface area contributed by atoms with E-state index < -0.39 is 0 Å². The Labute approximate surface area is 145 Å². The predicted molar refractivity (Wildman–Crippen MR) is 89.7 cm³/mol. The molecule has 7 nitrogen and oxygen atoms in total. The number of nitrogens with zero attached hydrogens (tertiary/aromatic N) is 4. The molecular formula is C16H20ClN5O2. The van der Waals surface area contributed by atoms with Gasteiger partial charge in [0.15, 0.2) is 5.82 Å².